The second-order valence-corrected chi connectivity index (χ2v) is 12.6. The molecule has 10 aromatic rings. The van der Waals surface area contributed by atoms with E-state index in [1.54, 1.807) is 0 Å². The molecular weight excluding hydrogens is 581 g/mol. The van der Waals surface area contributed by atoms with Crippen LogP contribution >= 0.6 is 0 Å². The Kier molecular flexibility index (Phi) is 5.91. The Morgan fingerprint density at radius 3 is 1.73 bits per heavy atom. The fourth-order valence-electron chi connectivity index (χ4n) is 7.76. The topological polar surface area (TPSA) is 9.86 Å². The normalized spacial score (nSPS) is 11.8. The van der Waals surface area contributed by atoms with Crippen LogP contribution in [-0.2, 0) is 0 Å². The predicted octanol–water partition coefficient (Wildman–Crippen LogP) is 12.4. The van der Waals surface area contributed by atoms with Gasteiger partial charge in [-0.25, -0.2) is 0 Å². The number of nitrogens with zero attached hydrogens (tertiary/aromatic N) is 2. The molecule has 0 aliphatic carbocycles. The quantitative estimate of drug-likeness (QED) is 0.175. The molecular formula is C46H30N2. The highest BCUT2D eigenvalue weighted by Crippen LogP contribution is 2.42. The van der Waals surface area contributed by atoms with E-state index in [4.69, 9.17) is 0 Å². The van der Waals surface area contributed by atoms with Crippen LogP contribution in [-0.4, -0.2) is 9.13 Å². The van der Waals surface area contributed by atoms with Gasteiger partial charge in [0.1, 0.15) is 0 Å². The Balaban J connectivity index is 1.25. The van der Waals surface area contributed by atoms with Crippen molar-refractivity contribution in [2.45, 2.75) is 0 Å². The van der Waals surface area contributed by atoms with Gasteiger partial charge in [-0.3, -0.25) is 0 Å². The van der Waals surface area contributed by atoms with E-state index >= 15 is 0 Å². The maximum Gasteiger partial charge on any atom is 0.0788 e. The van der Waals surface area contributed by atoms with Crippen LogP contribution < -0.4 is 0 Å². The second-order valence-electron chi connectivity index (χ2n) is 12.6. The van der Waals surface area contributed by atoms with Gasteiger partial charge in [-0.1, -0.05) is 140 Å². The van der Waals surface area contributed by atoms with Gasteiger partial charge >= 0.3 is 0 Å². The molecule has 0 bridgehead atoms. The van der Waals surface area contributed by atoms with Crippen molar-refractivity contribution in [1.29, 1.82) is 0 Å². The molecule has 8 aromatic carbocycles. The van der Waals surface area contributed by atoms with Crippen molar-refractivity contribution < 1.29 is 0 Å². The summed E-state index contributed by atoms with van der Waals surface area (Å²) < 4.78 is 4.84. The maximum absolute atomic E-state index is 2.46. The molecule has 0 N–H and O–H groups in total. The smallest absolute Gasteiger partial charge is 0.0788 e. The molecule has 0 saturated heterocycles. The second kappa shape index (κ2) is 10.6. The molecule has 0 unspecified atom stereocenters. The van der Waals surface area contributed by atoms with Gasteiger partial charge < -0.3 is 9.13 Å². The van der Waals surface area contributed by atoms with E-state index in [2.05, 4.69) is 191 Å². The van der Waals surface area contributed by atoms with Crippen molar-refractivity contribution in [3.05, 3.63) is 182 Å². The molecule has 0 fully saturated rings. The summed E-state index contributed by atoms with van der Waals surface area (Å²) in [6.07, 6.45) is 2.31. The van der Waals surface area contributed by atoms with E-state index in [-0.39, 0.29) is 0 Å². The highest BCUT2D eigenvalue weighted by atomic mass is 15.0. The van der Waals surface area contributed by atoms with E-state index < -0.39 is 0 Å². The van der Waals surface area contributed by atoms with Crippen LogP contribution in [0.2, 0.25) is 0 Å². The van der Waals surface area contributed by atoms with Crippen molar-refractivity contribution in [3.63, 3.8) is 0 Å². The standard InChI is InChI=1S/C46H30N2/c1-3-13-31(14-4-1)43-30-47(34-16-5-2-6-17-34)45-41(43)28-27-40-39-21-11-12-22-44(39)48(46(40)45)35-25-23-32(24-26-35)42-29-33-15-7-8-18-36(33)37-19-9-10-20-38(37)42/h1-30H. The summed E-state index contributed by atoms with van der Waals surface area (Å²) in [6.45, 7) is 0. The first-order chi connectivity index (χ1) is 23.8. The van der Waals surface area contributed by atoms with Crippen molar-refractivity contribution in [2.75, 3.05) is 0 Å². The lowest BCUT2D eigenvalue weighted by molar-refractivity contribution is 1.12. The first-order valence-corrected chi connectivity index (χ1v) is 16.5. The number of aromatic nitrogens is 2. The third kappa shape index (κ3) is 4.00. The first-order valence-electron chi connectivity index (χ1n) is 16.5. The minimum Gasteiger partial charge on any atom is -0.314 e. The molecule has 0 radical (unpaired) electrons. The molecule has 0 spiro atoms. The van der Waals surface area contributed by atoms with Crippen LogP contribution in [0.1, 0.15) is 0 Å². The highest BCUT2D eigenvalue weighted by Gasteiger charge is 2.21. The highest BCUT2D eigenvalue weighted by molar-refractivity contribution is 6.20. The van der Waals surface area contributed by atoms with E-state index in [9.17, 15) is 0 Å². The third-order valence-electron chi connectivity index (χ3n) is 9.92. The van der Waals surface area contributed by atoms with Crippen LogP contribution in [0.15, 0.2) is 182 Å². The Morgan fingerprint density at radius 2 is 0.938 bits per heavy atom. The Labute approximate surface area is 278 Å². The zero-order valence-electron chi connectivity index (χ0n) is 26.2. The average molecular weight is 611 g/mol. The van der Waals surface area contributed by atoms with E-state index in [0.29, 0.717) is 0 Å². The van der Waals surface area contributed by atoms with Gasteiger partial charge in [0.15, 0.2) is 0 Å². The van der Waals surface area contributed by atoms with Crippen LogP contribution in [0.25, 0.3) is 87.9 Å². The van der Waals surface area contributed by atoms with E-state index in [0.717, 1.165) is 11.4 Å². The fraction of sp³-hybridized carbons (Fsp3) is 0. The van der Waals surface area contributed by atoms with Crippen LogP contribution in [0.5, 0.6) is 0 Å². The maximum atomic E-state index is 2.46. The van der Waals surface area contributed by atoms with Gasteiger partial charge in [0.05, 0.1) is 16.6 Å². The zero-order chi connectivity index (χ0) is 31.6. The molecule has 2 heterocycles. The van der Waals surface area contributed by atoms with Crippen molar-refractivity contribution >= 4 is 54.3 Å². The molecule has 0 saturated carbocycles. The molecule has 2 nitrogen and oxygen atoms in total. The van der Waals surface area contributed by atoms with Gasteiger partial charge in [0, 0.05) is 39.3 Å². The number of para-hydroxylation sites is 2. The van der Waals surface area contributed by atoms with Gasteiger partial charge in [-0.2, -0.15) is 0 Å². The summed E-state index contributed by atoms with van der Waals surface area (Å²) in [6, 6.07) is 63.8. The summed E-state index contributed by atoms with van der Waals surface area (Å²) >= 11 is 0. The summed E-state index contributed by atoms with van der Waals surface area (Å²) in [5.74, 6) is 0. The fourth-order valence-corrected chi connectivity index (χ4v) is 7.76. The Hall–Kier alpha value is -6.38. The number of fused-ring (bicyclic) bond motifs is 8. The molecule has 224 valence electrons. The van der Waals surface area contributed by atoms with Crippen LogP contribution in [0.4, 0.5) is 0 Å². The molecule has 2 aromatic heterocycles. The van der Waals surface area contributed by atoms with Gasteiger partial charge in [-0.15, -0.1) is 0 Å². The minimum absolute atomic E-state index is 1.14. The van der Waals surface area contributed by atoms with Crippen molar-refractivity contribution in [1.82, 2.24) is 9.13 Å². The van der Waals surface area contributed by atoms with E-state index in [1.807, 2.05) is 0 Å². The molecule has 0 aliphatic heterocycles. The number of rotatable bonds is 4. The SMILES string of the molecule is c1ccc(-c2cn(-c3ccccc3)c3c2ccc2c4ccccc4n(-c4ccc(-c5cc6ccccc6c6ccccc56)cc4)c23)cc1. The molecule has 48 heavy (non-hydrogen) atoms. The van der Waals surface area contributed by atoms with Gasteiger partial charge in [0.25, 0.3) is 0 Å². The summed E-state index contributed by atoms with van der Waals surface area (Å²) in [4.78, 5) is 0. The van der Waals surface area contributed by atoms with Crippen LogP contribution in [0.3, 0.4) is 0 Å². The number of hydrogen-bond donors (Lipinski definition) is 0. The largest absolute Gasteiger partial charge is 0.314 e. The third-order valence-corrected chi connectivity index (χ3v) is 9.92. The minimum atomic E-state index is 1.14. The Morgan fingerprint density at radius 1 is 0.333 bits per heavy atom. The molecule has 0 aliphatic rings. The number of hydrogen-bond acceptors (Lipinski definition) is 0. The van der Waals surface area contributed by atoms with E-state index in [1.165, 1.54) is 76.5 Å². The number of benzene rings is 8. The molecule has 2 heteroatoms. The van der Waals surface area contributed by atoms with Crippen LogP contribution in [0, 0.1) is 0 Å². The summed E-state index contributed by atoms with van der Waals surface area (Å²) in [5.41, 5.74) is 10.8. The summed E-state index contributed by atoms with van der Waals surface area (Å²) in [7, 11) is 0. The molecule has 10 rings (SSSR count). The average Bonchev–Trinajstić information content (AvgIpc) is 3.72. The van der Waals surface area contributed by atoms with Gasteiger partial charge in [0.2, 0.25) is 0 Å². The van der Waals surface area contributed by atoms with Gasteiger partial charge in [-0.05, 0) is 74.6 Å². The van der Waals surface area contributed by atoms with Crippen molar-refractivity contribution in [2.24, 2.45) is 0 Å². The monoisotopic (exact) mass is 610 g/mol. The first kappa shape index (κ1) is 26.8. The predicted molar refractivity (Wildman–Crippen MR) is 203 cm³/mol. The van der Waals surface area contributed by atoms with Crippen molar-refractivity contribution in [3.8, 4) is 33.6 Å². The summed E-state index contributed by atoms with van der Waals surface area (Å²) in [5, 5.41) is 8.85. The lowest BCUT2D eigenvalue weighted by atomic mass is 9.93. The molecule has 0 atom stereocenters. The zero-order valence-corrected chi connectivity index (χ0v) is 26.2. The lowest BCUT2D eigenvalue weighted by Gasteiger charge is -2.14. The lowest BCUT2D eigenvalue weighted by Crippen LogP contribution is -1.98. The molecule has 0 amide bonds. The Bertz CT molecular complexity index is 2800.